The number of halogens is 1. The maximum absolute atomic E-state index is 6.16. The van der Waals surface area contributed by atoms with Gasteiger partial charge >= 0.3 is 0 Å². The minimum absolute atomic E-state index is 0. The Morgan fingerprint density at radius 3 is 2.74 bits per heavy atom. The summed E-state index contributed by atoms with van der Waals surface area (Å²) in [6.07, 6.45) is 1.86. The summed E-state index contributed by atoms with van der Waals surface area (Å²) in [6, 6.07) is 2.16. The number of nitrogens with two attached hydrogens (primary N) is 1. The van der Waals surface area contributed by atoms with E-state index in [0.29, 0.717) is 11.9 Å². The van der Waals surface area contributed by atoms with Crippen LogP contribution in [0, 0.1) is 0 Å². The summed E-state index contributed by atoms with van der Waals surface area (Å²) in [5, 5.41) is 7.41. The van der Waals surface area contributed by atoms with Gasteiger partial charge in [0.05, 0.1) is 0 Å². The Bertz CT molecular complexity index is 591. The molecule has 0 bridgehead atoms. The zero-order valence-corrected chi connectivity index (χ0v) is 17.1. The second-order valence-corrected chi connectivity index (χ2v) is 7.10. The highest BCUT2D eigenvalue weighted by atomic mass is 127. The monoisotopic (exact) mass is 463 g/mol. The summed E-state index contributed by atoms with van der Waals surface area (Å²) in [6.45, 7) is 6.64. The van der Waals surface area contributed by atoms with Gasteiger partial charge in [0.2, 0.25) is 0 Å². The van der Waals surface area contributed by atoms with E-state index in [9.17, 15) is 0 Å². The van der Waals surface area contributed by atoms with E-state index < -0.39 is 0 Å². The summed E-state index contributed by atoms with van der Waals surface area (Å²) < 4.78 is 0. The maximum Gasteiger partial charge on any atom is 0.191 e. The molecule has 126 valence electrons. The Morgan fingerprint density at radius 1 is 1.35 bits per heavy atom. The van der Waals surface area contributed by atoms with Gasteiger partial charge in [0, 0.05) is 50.2 Å². The molecule has 5 nitrogen and oxygen atoms in total. The average molecular weight is 463 g/mol. The van der Waals surface area contributed by atoms with Crippen LogP contribution in [0.15, 0.2) is 33.4 Å². The van der Waals surface area contributed by atoms with E-state index in [1.165, 1.54) is 5.56 Å². The van der Waals surface area contributed by atoms with E-state index in [0.717, 1.165) is 37.9 Å². The van der Waals surface area contributed by atoms with Gasteiger partial charge in [-0.05, 0) is 22.4 Å². The number of piperazine rings is 1. The third kappa shape index (κ3) is 4.80. The molecule has 2 N–H and O–H groups in total. The number of anilines is 1. The van der Waals surface area contributed by atoms with Crippen molar-refractivity contribution in [2.45, 2.75) is 12.8 Å². The minimum atomic E-state index is 0. The van der Waals surface area contributed by atoms with Crippen LogP contribution in [0.5, 0.6) is 0 Å². The van der Waals surface area contributed by atoms with Crippen molar-refractivity contribution in [3.63, 3.8) is 0 Å². The highest BCUT2D eigenvalue weighted by molar-refractivity contribution is 14.0. The first-order valence-electron chi connectivity index (χ1n) is 7.45. The highest BCUT2D eigenvalue weighted by Crippen LogP contribution is 2.20. The standard InChI is InChI=1S/C15H21N5S2.HI/c1-12(13-2-8-21-11-13)10-18-14(16)19-4-6-20(7-5-19)15-17-3-9-22-15;/h2-3,8-9,11-12H,4-7,10H2,1H3,(H2,16,18);1H. The van der Waals surface area contributed by atoms with E-state index >= 15 is 0 Å². The predicted molar refractivity (Wildman–Crippen MR) is 111 cm³/mol. The van der Waals surface area contributed by atoms with Gasteiger partial charge in [-0.25, -0.2) is 4.98 Å². The molecule has 2 aromatic rings. The van der Waals surface area contributed by atoms with E-state index in [1.54, 1.807) is 22.7 Å². The van der Waals surface area contributed by atoms with Gasteiger partial charge in [0.1, 0.15) is 0 Å². The van der Waals surface area contributed by atoms with Crippen LogP contribution in [0.25, 0.3) is 0 Å². The van der Waals surface area contributed by atoms with Gasteiger partial charge in [-0.2, -0.15) is 11.3 Å². The van der Waals surface area contributed by atoms with Crippen LogP contribution in [-0.4, -0.2) is 48.6 Å². The fourth-order valence-corrected chi connectivity index (χ4v) is 3.97. The van der Waals surface area contributed by atoms with Crippen LogP contribution < -0.4 is 10.6 Å². The molecule has 8 heteroatoms. The highest BCUT2D eigenvalue weighted by Gasteiger charge is 2.19. The molecule has 1 atom stereocenters. The van der Waals surface area contributed by atoms with Crippen molar-refractivity contribution in [3.05, 3.63) is 34.0 Å². The summed E-state index contributed by atoms with van der Waals surface area (Å²) in [5.41, 5.74) is 7.50. The Balaban J connectivity index is 0.00000192. The SMILES string of the molecule is CC(CN=C(N)N1CCN(c2nccs2)CC1)c1ccsc1.I. The van der Waals surface area contributed by atoms with E-state index in [4.69, 9.17) is 5.73 Å². The quantitative estimate of drug-likeness (QED) is 0.430. The Morgan fingerprint density at radius 2 is 2.13 bits per heavy atom. The van der Waals surface area contributed by atoms with Crippen LogP contribution in [-0.2, 0) is 0 Å². The number of thiophene rings is 1. The Hall–Kier alpha value is -0.870. The zero-order valence-electron chi connectivity index (χ0n) is 13.1. The molecular weight excluding hydrogens is 441 g/mol. The first-order chi connectivity index (χ1) is 10.7. The number of aromatic nitrogens is 1. The van der Waals surface area contributed by atoms with E-state index in [1.807, 2.05) is 11.6 Å². The number of nitrogens with zero attached hydrogens (tertiary/aromatic N) is 4. The molecule has 1 unspecified atom stereocenters. The molecule has 0 aromatic carbocycles. The van der Waals surface area contributed by atoms with Crippen molar-refractivity contribution in [2.24, 2.45) is 10.7 Å². The third-order valence-corrected chi connectivity index (χ3v) is 5.47. The Labute approximate surface area is 162 Å². The lowest BCUT2D eigenvalue weighted by Crippen LogP contribution is -2.51. The van der Waals surface area contributed by atoms with Gasteiger partial charge in [-0.15, -0.1) is 35.3 Å². The van der Waals surface area contributed by atoms with Crippen LogP contribution >= 0.6 is 46.7 Å². The number of thiazole rings is 1. The number of guanidine groups is 1. The molecule has 0 aliphatic carbocycles. The second-order valence-electron chi connectivity index (χ2n) is 5.45. The van der Waals surface area contributed by atoms with E-state index in [2.05, 4.69) is 43.5 Å². The van der Waals surface area contributed by atoms with Crippen molar-refractivity contribution in [2.75, 3.05) is 37.6 Å². The number of aliphatic imine (C=N–C) groups is 1. The zero-order chi connectivity index (χ0) is 15.4. The second kappa shape index (κ2) is 8.84. The maximum atomic E-state index is 6.16. The molecule has 23 heavy (non-hydrogen) atoms. The summed E-state index contributed by atoms with van der Waals surface area (Å²) in [4.78, 5) is 13.4. The van der Waals surface area contributed by atoms with Gasteiger partial charge in [0.25, 0.3) is 0 Å². The van der Waals surface area contributed by atoms with E-state index in [-0.39, 0.29) is 24.0 Å². The van der Waals surface area contributed by atoms with Gasteiger partial charge in [0.15, 0.2) is 11.1 Å². The topological polar surface area (TPSA) is 57.8 Å². The third-order valence-electron chi connectivity index (χ3n) is 3.93. The fraction of sp³-hybridized carbons (Fsp3) is 0.467. The minimum Gasteiger partial charge on any atom is -0.370 e. The van der Waals surface area contributed by atoms with Gasteiger partial charge < -0.3 is 15.5 Å². The molecular formula is C15H22IN5S2. The van der Waals surface area contributed by atoms with Crippen molar-refractivity contribution in [3.8, 4) is 0 Å². The van der Waals surface area contributed by atoms with Crippen LogP contribution in [0.2, 0.25) is 0 Å². The van der Waals surface area contributed by atoms with Gasteiger partial charge in [-0.1, -0.05) is 6.92 Å². The molecule has 0 amide bonds. The first kappa shape index (κ1) is 18.5. The lowest BCUT2D eigenvalue weighted by Gasteiger charge is -2.35. The molecule has 0 saturated carbocycles. The molecule has 3 heterocycles. The van der Waals surface area contributed by atoms with Crippen LogP contribution in [0.1, 0.15) is 18.4 Å². The summed E-state index contributed by atoms with van der Waals surface area (Å²) in [5.74, 6) is 1.09. The summed E-state index contributed by atoms with van der Waals surface area (Å²) >= 11 is 3.42. The largest absolute Gasteiger partial charge is 0.370 e. The van der Waals surface area contributed by atoms with Crippen LogP contribution in [0.3, 0.4) is 0 Å². The van der Waals surface area contributed by atoms with Crippen molar-refractivity contribution < 1.29 is 0 Å². The Kier molecular flexibility index (Phi) is 7.09. The molecule has 0 spiro atoms. The van der Waals surface area contributed by atoms with Crippen LogP contribution in [0.4, 0.5) is 5.13 Å². The molecule has 1 aliphatic heterocycles. The first-order valence-corrected chi connectivity index (χ1v) is 9.27. The fourth-order valence-electron chi connectivity index (χ4n) is 2.49. The number of hydrogen-bond donors (Lipinski definition) is 1. The lowest BCUT2D eigenvalue weighted by atomic mass is 10.1. The van der Waals surface area contributed by atoms with Crippen molar-refractivity contribution in [1.82, 2.24) is 9.88 Å². The molecule has 0 radical (unpaired) electrons. The molecule has 1 fully saturated rings. The van der Waals surface area contributed by atoms with Crippen molar-refractivity contribution >= 4 is 57.7 Å². The normalized spacial score (nSPS) is 17.0. The van der Waals surface area contributed by atoms with Crippen molar-refractivity contribution in [1.29, 1.82) is 0 Å². The lowest BCUT2D eigenvalue weighted by molar-refractivity contribution is 0.380. The molecule has 1 saturated heterocycles. The number of rotatable bonds is 4. The smallest absolute Gasteiger partial charge is 0.191 e. The molecule has 1 aliphatic rings. The molecule has 3 rings (SSSR count). The average Bonchev–Trinajstić information content (AvgIpc) is 3.25. The number of hydrogen-bond acceptors (Lipinski definition) is 5. The summed E-state index contributed by atoms with van der Waals surface area (Å²) in [7, 11) is 0. The predicted octanol–water partition coefficient (Wildman–Crippen LogP) is 3.06. The van der Waals surface area contributed by atoms with Gasteiger partial charge in [-0.3, -0.25) is 4.99 Å². The molecule has 2 aromatic heterocycles.